The molecule has 0 aliphatic carbocycles. The standard InChI is InChI=1S/C15H17FN4O/c16-13-4-1-2-5-14(13)20-10-12(8-18-20)9-19-7-3-6-17-15(21)11-19/h1-2,4-5,8,10H,3,6-7,9,11H2,(H,17,21). The molecule has 1 aliphatic rings. The van der Waals surface area contributed by atoms with Gasteiger partial charge in [-0.1, -0.05) is 12.1 Å². The Balaban J connectivity index is 1.73. The van der Waals surface area contributed by atoms with E-state index in [0.717, 1.165) is 25.1 Å². The number of aromatic nitrogens is 2. The predicted molar refractivity (Wildman–Crippen MR) is 76.4 cm³/mol. The average molecular weight is 288 g/mol. The van der Waals surface area contributed by atoms with Crippen LogP contribution in [0, 0.1) is 5.82 Å². The van der Waals surface area contributed by atoms with E-state index in [1.165, 1.54) is 10.7 Å². The summed E-state index contributed by atoms with van der Waals surface area (Å²) in [7, 11) is 0. The molecule has 6 heteroatoms. The van der Waals surface area contributed by atoms with Gasteiger partial charge in [0.05, 0.1) is 12.7 Å². The maximum Gasteiger partial charge on any atom is 0.234 e. The highest BCUT2D eigenvalue weighted by Gasteiger charge is 2.15. The van der Waals surface area contributed by atoms with Crippen molar-refractivity contribution in [1.82, 2.24) is 20.0 Å². The molecule has 0 atom stereocenters. The molecule has 0 bridgehead atoms. The molecule has 1 N–H and O–H groups in total. The number of nitrogens with one attached hydrogen (secondary N) is 1. The summed E-state index contributed by atoms with van der Waals surface area (Å²) < 4.78 is 15.3. The third-order valence-electron chi connectivity index (χ3n) is 3.48. The summed E-state index contributed by atoms with van der Waals surface area (Å²) in [6.07, 6.45) is 4.46. The van der Waals surface area contributed by atoms with Gasteiger partial charge in [0.25, 0.3) is 0 Å². The van der Waals surface area contributed by atoms with Gasteiger partial charge < -0.3 is 5.32 Å². The second kappa shape index (κ2) is 6.05. The van der Waals surface area contributed by atoms with Crippen LogP contribution in [0.15, 0.2) is 36.7 Å². The molecule has 1 fully saturated rings. The molecule has 1 aromatic carbocycles. The van der Waals surface area contributed by atoms with Crippen LogP contribution in [-0.2, 0) is 11.3 Å². The molecule has 0 radical (unpaired) electrons. The molecule has 1 saturated heterocycles. The zero-order valence-electron chi connectivity index (χ0n) is 11.6. The Morgan fingerprint density at radius 2 is 2.19 bits per heavy atom. The molecular weight excluding hydrogens is 271 g/mol. The van der Waals surface area contributed by atoms with Crippen LogP contribution in [0.5, 0.6) is 0 Å². The summed E-state index contributed by atoms with van der Waals surface area (Å²) in [5.74, 6) is -0.254. The van der Waals surface area contributed by atoms with Crippen molar-refractivity contribution in [1.29, 1.82) is 0 Å². The molecule has 2 aromatic rings. The van der Waals surface area contributed by atoms with E-state index >= 15 is 0 Å². The van der Waals surface area contributed by atoms with Gasteiger partial charge >= 0.3 is 0 Å². The van der Waals surface area contributed by atoms with Gasteiger partial charge in [0.1, 0.15) is 11.5 Å². The molecular formula is C15H17FN4O. The van der Waals surface area contributed by atoms with E-state index in [9.17, 15) is 9.18 Å². The molecule has 0 saturated carbocycles. The number of nitrogens with zero attached hydrogens (tertiary/aromatic N) is 3. The number of rotatable bonds is 3. The smallest absolute Gasteiger partial charge is 0.234 e. The average Bonchev–Trinajstić information content (AvgIpc) is 2.82. The fraction of sp³-hybridized carbons (Fsp3) is 0.333. The van der Waals surface area contributed by atoms with Gasteiger partial charge in [0.15, 0.2) is 0 Å². The third-order valence-corrected chi connectivity index (χ3v) is 3.48. The summed E-state index contributed by atoms with van der Waals surface area (Å²) in [5, 5.41) is 7.05. The lowest BCUT2D eigenvalue weighted by atomic mass is 10.3. The Morgan fingerprint density at radius 3 is 3.05 bits per heavy atom. The Bertz CT molecular complexity index is 640. The van der Waals surface area contributed by atoms with E-state index in [4.69, 9.17) is 0 Å². The molecule has 0 spiro atoms. The summed E-state index contributed by atoms with van der Waals surface area (Å²) in [4.78, 5) is 13.6. The lowest BCUT2D eigenvalue weighted by Crippen LogP contribution is -2.32. The SMILES string of the molecule is O=C1CN(Cc2cnn(-c3ccccc3F)c2)CCCN1. The van der Waals surface area contributed by atoms with Gasteiger partial charge in [-0.05, 0) is 18.6 Å². The Kier molecular flexibility index (Phi) is 3.96. The number of halogens is 1. The van der Waals surface area contributed by atoms with Crippen molar-refractivity contribution in [3.63, 3.8) is 0 Å². The first-order chi connectivity index (χ1) is 10.2. The van der Waals surface area contributed by atoms with Crippen LogP contribution >= 0.6 is 0 Å². The zero-order chi connectivity index (χ0) is 14.7. The van der Waals surface area contributed by atoms with E-state index in [2.05, 4.69) is 15.3 Å². The Labute approximate surface area is 122 Å². The first kappa shape index (κ1) is 13.8. The quantitative estimate of drug-likeness (QED) is 0.927. The zero-order valence-corrected chi connectivity index (χ0v) is 11.6. The van der Waals surface area contributed by atoms with Crippen LogP contribution in [0.2, 0.25) is 0 Å². The van der Waals surface area contributed by atoms with Crippen LogP contribution in [0.25, 0.3) is 5.69 Å². The van der Waals surface area contributed by atoms with Crippen molar-refractivity contribution in [3.8, 4) is 5.69 Å². The van der Waals surface area contributed by atoms with Crippen LogP contribution in [0.3, 0.4) is 0 Å². The molecule has 1 amide bonds. The van der Waals surface area contributed by atoms with Crippen molar-refractivity contribution in [2.45, 2.75) is 13.0 Å². The van der Waals surface area contributed by atoms with Crippen LogP contribution in [-0.4, -0.2) is 40.2 Å². The number of benzene rings is 1. The van der Waals surface area contributed by atoms with E-state index in [0.29, 0.717) is 18.8 Å². The second-order valence-corrected chi connectivity index (χ2v) is 5.16. The van der Waals surface area contributed by atoms with Crippen molar-refractivity contribution >= 4 is 5.91 Å². The minimum Gasteiger partial charge on any atom is -0.355 e. The van der Waals surface area contributed by atoms with Crippen LogP contribution in [0.4, 0.5) is 4.39 Å². The Hall–Kier alpha value is -2.21. The van der Waals surface area contributed by atoms with Crippen molar-refractivity contribution in [2.24, 2.45) is 0 Å². The fourth-order valence-electron chi connectivity index (χ4n) is 2.47. The van der Waals surface area contributed by atoms with Gasteiger partial charge in [-0.2, -0.15) is 5.10 Å². The summed E-state index contributed by atoms with van der Waals surface area (Å²) in [6, 6.07) is 6.53. The highest BCUT2D eigenvalue weighted by molar-refractivity contribution is 5.78. The number of para-hydroxylation sites is 1. The van der Waals surface area contributed by atoms with Crippen molar-refractivity contribution in [3.05, 3.63) is 48.0 Å². The highest BCUT2D eigenvalue weighted by atomic mass is 19.1. The highest BCUT2D eigenvalue weighted by Crippen LogP contribution is 2.14. The number of carbonyl (C=O) groups is 1. The normalized spacial score (nSPS) is 16.5. The van der Waals surface area contributed by atoms with Crippen LogP contribution in [0.1, 0.15) is 12.0 Å². The Morgan fingerprint density at radius 1 is 1.33 bits per heavy atom. The lowest BCUT2D eigenvalue weighted by Gasteiger charge is -2.16. The van der Waals surface area contributed by atoms with Gasteiger partial charge in [-0.25, -0.2) is 9.07 Å². The van der Waals surface area contributed by atoms with Gasteiger partial charge in [-0.15, -0.1) is 0 Å². The molecule has 110 valence electrons. The first-order valence-corrected chi connectivity index (χ1v) is 7.00. The summed E-state index contributed by atoms with van der Waals surface area (Å²) in [5.41, 5.74) is 1.39. The fourth-order valence-corrected chi connectivity index (χ4v) is 2.47. The minimum absolute atomic E-state index is 0.0500. The minimum atomic E-state index is -0.304. The predicted octanol–water partition coefficient (Wildman–Crippen LogP) is 1.33. The second-order valence-electron chi connectivity index (χ2n) is 5.16. The largest absolute Gasteiger partial charge is 0.355 e. The van der Waals surface area contributed by atoms with E-state index in [1.807, 2.05) is 0 Å². The molecule has 2 heterocycles. The number of hydrogen-bond donors (Lipinski definition) is 1. The monoisotopic (exact) mass is 288 g/mol. The molecule has 3 rings (SSSR count). The number of amides is 1. The third kappa shape index (κ3) is 3.28. The van der Waals surface area contributed by atoms with Gasteiger partial charge in [-0.3, -0.25) is 9.69 Å². The van der Waals surface area contributed by atoms with Crippen molar-refractivity contribution in [2.75, 3.05) is 19.6 Å². The first-order valence-electron chi connectivity index (χ1n) is 7.00. The number of hydrogen-bond acceptors (Lipinski definition) is 3. The lowest BCUT2D eigenvalue weighted by molar-refractivity contribution is -0.121. The van der Waals surface area contributed by atoms with Crippen molar-refractivity contribution < 1.29 is 9.18 Å². The maximum atomic E-state index is 13.7. The summed E-state index contributed by atoms with van der Waals surface area (Å²) >= 11 is 0. The molecule has 21 heavy (non-hydrogen) atoms. The molecule has 1 aliphatic heterocycles. The van der Waals surface area contributed by atoms with Crippen LogP contribution < -0.4 is 5.32 Å². The van der Waals surface area contributed by atoms with E-state index in [1.54, 1.807) is 30.6 Å². The van der Waals surface area contributed by atoms with Gasteiger partial charge in [0.2, 0.25) is 5.91 Å². The molecule has 0 unspecified atom stereocenters. The molecule has 1 aromatic heterocycles. The summed E-state index contributed by atoms with van der Waals surface area (Å²) in [6.45, 7) is 2.63. The topological polar surface area (TPSA) is 50.2 Å². The van der Waals surface area contributed by atoms with Gasteiger partial charge in [0, 0.05) is 31.4 Å². The van der Waals surface area contributed by atoms with E-state index in [-0.39, 0.29) is 11.7 Å². The number of carbonyl (C=O) groups excluding carboxylic acids is 1. The molecule has 5 nitrogen and oxygen atoms in total. The maximum absolute atomic E-state index is 13.7. The van der Waals surface area contributed by atoms with E-state index < -0.39 is 0 Å².